The molecule has 0 aromatic carbocycles. The Morgan fingerprint density at radius 2 is 1.92 bits per heavy atom. The van der Waals surface area contributed by atoms with E-state index < -0.39 is 0 Å². The molecule has 1 aromatic heterocycles. The molecule has 0 amide bonds. The van der Waals surface area contributed by atoms with E-state index in [2.05, 4.69) is 9.98 Å². The number of aliphatic imine (C=N–C) groups is 1. The predicted molar refractivity (Wildman–Crippen MR) is 52.4 cm³/mol. The van der Waals surface area contributed by atoms with Crippen LogP contribution < -0.4 is 0 Å². The summed E-state index contributed by atoms with van der Waals surface area (Å²) in [6, 6.07) is 5.36. The van der Waals surface area contributed by atoms with Crippen molar-refractivity contribution in [1.29, 1.82) is 0 Å². The van der Waals surface area contributed by atoms with Gasteiger partial charge in [0, 0.05) is 14.0 Å². The number of nitrogens with zero attached hydrogens (tertiary/aromatic N) is 2. The lowest BCUT2D eigenvalue weighted by molar-refractivity contribution is 0.101. The van der Waals surface area contributed by atoms with Crippen LogP contribution in [-0.2, 0) is 0 Å². The van der Waals surface area contributed by atoms with Crippen LogP contribution in [0.4, 0.5) is 0 Å². The Bertz CT molecular complexity index is 356. The second kappa shape index (κ2) is 3.94. The van der Waals surface area contributed by atoms with E-state index in [0.717, 1.165) is 11.4 Å². The molecule has 1 aromatic rings. The van der Waals surface area contributed by atoms with Gasteiger partial charge in [0.1, 0.15) is 5.69 Å². The molecule has 0 saturated carbocycles. The number of rotatable bonds is 2. The molecule has 0 aliphatic carbocycles. The van der Waals surface area contributed by atoms with Gasteiger partial charge in [0.15, 0.2) is 5.78 Å². The number of Topliss-reactive ketones (excluding diaryl/α,β-unsaturated/α-hetero) is 1. The minimum absolute atomic E-state index is 0.0225. The molecule has 0 aliphatic rings. The van der Waals surface area contributed by atoms with Gasteiger partial charge in [0.2, 0.25) is 0 Å². The van der Waals surface area contributed by atoms with Crippen LogP contribution in [0.1, 0.15) is 30.0 Å². The van der Waals surface area contributed by atoms with E-state index in [1.54, 1.807) is 13.1 Å². The van der Waals surface area contributed by atoms with Crippen LogP contribution in [0.15, 0.2) is 23.2 Å². The fourth-order valence-corrected chi connectivity index (χ4v) is 0.947. The zero-order chi connectivity index (χ0) is 9.84. The van der Waals surface area contributed by atoms with Crippen LogP contribution >= 0.6 is 0 Å². The molecule has 68 valence electrons. The normalized spacial score (nSPS) is 11.5. The Hall–Kier alpha value is -1.51. The average Bonchev–Trinajstić information content (AvgIpc) is 2.17. The Labute approximate surface area is 77.5 Å². The van der Waals surface area contributed by atoms with Crippen LogP contribution in [0.25, 0.3) is 0 Å². The van der Waals surface area contributed by atoms with Crippen LogP contribution in [0.2, 0.25) is 0 Å². The Balaban J connectivity index is 3.13. The lowest BCUT2D eigenvalue weighted by Gasteiger charge is -2.00. The molecule has 13 heavy (non-hydrogen) atoms. The van der Waals surface area contributed by atoms with Crippen molar-refractivity contribution in [1.82, 2.24) is 4.98 Å². The number of hydrogen-bond donors (Lipinski definition) is 0. The molecule has 0 aliphatic heterocycles. The summed E-state index contributed by atoms with van der Waals surface area (Å²) >= 11 is 0. The standard InChI is InChI=1S/C10H12N2O/c1-7(11-3)9-5-4-6-10(12-9)8(2)13/h4-6H,1-3H3. The fraction of sp³-hybridized carbons (Fsp3) is 0.300. The quantitative estimate of drug-likeness (QED) is 0.508. The first-order valence-electron chi connectivity index (χ1n) is 4.07. The van der Waals surface area contributed by atoms with Gasteiger partial charge in [-0.3, -0.25) is 9.79 Å². The topological polar surface area (TPSA) is 42.3 Å². The first-order chi connectivity index (χ1) is 6.15. The van der Waals surface area contributed by atoms with E-state index in [9.17, 15) is 4.79 Å². The molecule has 0 saturated heterocycles. The highest BCUT2D eigenvalue weighted by Gasteiger charge is 2.03. The molecule has 0 unspecified atom stereocenters. The highest BCUT2D eigenvalue weighted by molar-refractivity contribution is 5.98. The summed E-state index contributed by atoms with van der Waals surface area (Å²) < 4.78 is 0. The third-order valence-electron chi connectivity index (χ3n) is 1.82. The molecular formula is C10H12N2O. The number of hydrogen-bond acceptors (Lipinski definition) is 3. The predicted octanol–water partition coefficient (Wildman–Crippen LogP) is 1.72. The monoisotopic (exact) mass is 176 g/mol. The van der Waals surface area contributed by atoms with Crippen molar-refractivity contribution >= 4 is 11.5 Å². The fourth-order valence-electron chi connectivity index (χ4n) is 0.947. The first-order valence-corrected chi connectivity index (χ1v) is 4.07. The Morgan fingerprint density at radius 1 is 1.31 bits per heavy atom. The van der Waals surface area contributed by atoms with Gasteiger partial charge in [-0.2, -0.15) is 0 Å². The number of aromatic nitrogens is 1. The molecule has 1 rings (SSSR count). The Kier molecular flexibility index (Phi) is 2.90. The minimum Gasteiger partial charge on any atom is -0.293 e. The van der Waals surface area contributed by atoms with Crippen molar-refractivity contribution in [2.45, 2.75) is 13.8 Å². The van der Waals surface area contributed by atoms with Gasteiger partial charge in [-0.25, -0.2) is 4.98 Å². The zero-order valence-electron chi connectivity index (χ0n) is 8.03. The second-order valence-electron chi connectivity index (χ2n) is 2.77. The van der Waals surface area contributed by atoms with Gasteiger partial charge in [-0.1, -0.05) is 6.07 Å². The molecule has 0 radical (unpaired) electrons. The van der Waals surface area contributed by atoms with Crippen molar-refractivity contribution in [2.75, 3.05) is 7.05 Å². The van der Waals surface area contributed by atoms with E-state index in [0.29, 0.717) is 5.69 Å². The van der Waals surface area contributed by atoms with E-state index in [1.807, 2.05) is 19.1 Å². The van der Waals surface area contributed by atoms with Crippen molar-refractivity contribution in [3.05, 3.63) is 29.6 Å². The molecule has 0 spiro atoms. The van der Waals surface area contributed by atoms with Crippen LogP contribution in [0.3, 0.4) is 0 Å². The largest absolute Gasteiger partial charge is 0.293 e. The highest BCUT2D eigenvalue weighted by atomic mass is 16.1. The van der Waals surface area contributed by atoms with Crippen LogP contribution in [-0.4, -0.2) is 23.5 Å². The molecule has 0 N–H and O–H groups in total. The summed E-state index contributed by atoms with van der Waals surface area (Å²) in [4.78, 5) is 19.2. The number of carbonyl (C=O) groups excluding carboxylic acids is 1. The maximum Gasteiger partial charge on any atom is 0.178 e. The van der Waals surface area contributed by atoms with Crippen molar-refractivity contribution < 1.29 is 4.79 Å². The smallest absolute Gasteiger partial charge is 0.178 e. The summed E-state index contributed by atoms with van der Waals surface area (Å²) in [5, 5.41) is 0. The summed E-state index contributed by atoms with van der Waals surface area (Å²) in [5.41, 5.74) is 2.08. The van der Waals surface area contributed by atoms with Crippen LogP contribution in [0.5, 0.6) is 0 Å². The maximum absolute atomic E-state index is 11.0. The molecule has 3 heteroatoms. The lowest BCUT2D eigenvalue weighted by Crippen LogP contribution is -2.03. The number of ketones is 1. The summed E-state index contributed by atoms with van der Waals surface area (Å²) in [5.74, 6) is -0.0225. The molecule has 1 heterocycles. The van der Waals surface area contributed by atoms with Crippen molar-refractivity contribution in [2.24, 2.45) is 4.99 Å². The highest BCUT2D eigenvalue weighted by Crippen LogP contribution is 2.01. The van der Waals surface area contributed by atoms with Gasteiger partial charge in [0.25, 0.3) is 0 Å². The second-order valence-corrected chi connectivity index (χ2v) is 2.77. The van der Waals surface area contributed by atoms with Crippen molar-refractivity contribution in [3.63, 3.8) is 0 Å². The van der Waals surface area contributed by atoms with Gasteiger partial charge in [-0.05, 0) is 19.1 Å². The average molecular weight is 176 g/mol. The van der Waals surface area contributed by atoms with E-state index in [4.69, 9.17) is 0 Å². The maximum atomic E-state index is 11.0. The van der Waals surface area contributed by atoms with E-state index in [-0.39, 0.29) is 5.78 Å². The van der Waals surface area contributed by atoms with Crippen LogP contribution in [0, 0.1) is 0 Å². The molecule has 0 fully saturated rings. The SMILES string of the molecule is CN=C(C)c1cccc(C(C)=O)n1. The molecule has 3 nitrogen and oxygen atoms in total. The third kappa shape index (κ3) is 2.21. The lowest BCUT2D eigenvalue weighted by atomic mass is 10.2. The number of carbonyl (C=O) groups is 1. The molecular weight excluding hydrogens is 164 g/mol. The Morgan fingerprint density at radius 3 is 2.46 bits per heavy atom. The number of pyridine rings is 1. The molecule has 0 atom stereocenters. The first kappa shape index (κ1) is 9.58. The summed E-state index contributed by atoms with van der Waals surface area (Å²) in [7, 11) is 1.71. The minimum atomic E-state index is -0.0225. The molecule has 0 bridgehead atoms. The van der Waals surface area contributed by atoms with E-state index >= 15 is 0 Å². The zero-order valence-corrected chi connectivity index (χ0v) is 8.03. The third-order valence-corrected chi connectivity index (χ3v) is 1.82. The van der Waals surface area contributed by atoms with Gasteiger partial charge in [0.05, 0.1) is 11.4 Å². The van der Waals surface area contributed by atoms with E-state index in [1.165, 1.54) is 6.92 Å². The summed E-state index contributed by atoms with van der Waals surface area (Å²) in [6.45, 7) is 3.37. The van der Waals surface area contributed by atoms with Gasteiger partial charge >= 0.3 is 0 Å². The summed E-state index contributed by atoms with van der Waals surface area (Å²) in [6.07, 6.45) is 0. The van der Waals surface area contributed by atoms with Crippen molar-refractivity contribution in [3.8, 4) is 0 Å². The van der Waals surface area contributed by atoms with Gasteiger partial charge < -0.3 is 0 Å². The van der Waals surface area contributed by atoms with Gasteiger partial charge in [-0.15, -0.1) is 0 Å².